The van der Waals surface area contributed by atoms with Crippen molar-refractivity contribution >= 4 is 18.0 Å². The Hall–Kier alpha value is -6.70. The van der Waals surface area contributed by atoms with Crippen molar-refractivity contribution < 1.29 is 64.3 Å². The molecule has 0 radical (unpaired) electrons. The van der Waals surface area contributed by atoms with Gasteiger partial charge in [0, 0.05) is 48.8 Å². The van der Waals surface area contributed by atoms with Gasteiger partial charge in [0.05, 0.1) is 5.56 Å². The summed E-state index contributed by atoms with van der Waals surface area (Å²) < 4.78 is 22.0. The fourth-order valence-corrected chi connectivity index (χ4v) is 6.02. The highest BCUT2D eigenvalue weighted by molar-refractivity contribution is 5.91. The van der Waals surface area contributed by atoms with Crippen molar-refractivity contribution in [3.8, 4) is 57.5 Å². The molecule has 3 heterocycles. The van der Waals surface area contributed by atoms with Crippen molar-refractivity contribution in [2.75, 3.05) is 19.9 Å². The van der Waals surface area contributed by atoms with Gasteiger partial charge < -0.3 is 59.6 Å². The van der Waals surface area contributed by atoms with Crippen molar-refractivity contribution in [1.82, 2.24) is 4.90 Å². The number of amides is 1. The van der Waals surface area contributed by atoms with Crippen LogP contribution in [0.25, 0.3) is 6.08 Å². The zero-order valence-corrected chi connectivity index (χ0v) is 28.2. The van der Waals surface area contributed by atoms with E-state index in [0.717, 1.165) is 61.2 Å². The lowest BCUT2D eigenvalue weighted by molar-refractivity contribution is -0.126. The van der Waals surface area contributed by atoms with Crippen molar-refractivity contribution in [3.63, 3.8) is 0 Å². The molecule has 1 amide bonds. The van der Waals surface area contributed by atoms with E-state index in [1.54, 1.807) is 12.2 Å². The van der Waals surface area contributed by atoms with Gasteiger partial charge in [0.25, 0.3) is 0 Å². The van der Waals surface area contributed by atoms with Crippen LogP contribution in [-0.2, 0) is 16.0 Å². The maximum Gasteiger partial charge on any atom is 0.338 e. The van der Waals surface area contributed by atoms with E-state index in [4.69, 9.17) is 18.9 Å². The number of phenols is 7. The largest absolute Gasteiger partial charge is 0.508 e. The summed E-state index contributed by atoms with van der Waals surface area (Å²) >= 11 is 0. The van der Waals surface area contributed by atoms with Crippen LogP contribution in [0.3, 0.4) is 0 Å². The fourth-order valence-electron chi connectivity index (χ4n) is 6.02. The molecule has 0 aromatic heterocycles. The smallest absolute Gasteiger partial charge is 0.338 e. The molecule has 0 spiro atoms. The summed E-state index contributed by atoms with van der Waals surface area (Å²) in [4.78, 5) is 26.5. The number of nitrogens with zero attached hydrogens (tertiary/aromatic N) is 1. The van der Waals surface area contributed by atoms with Gasteiger partial charge in [-0.3, -0.25) is 4.79 Å². The van der Waals surface area contributed by atoms with Crippen LogP contribution >= 0.6 is 0 Å². The van der Waals surface area contributed by atoms with Gasteiger partial charge in [-0.05, 0) is 61.2 Å². The Labute approximate surface area is 303 Å². The molecule has 3 aliphatic heterocycles. The van der Waals surface area contributed by atoms with E-state index in [1.165, 1.54) is 30.7 Å². The highest BCUT2D eigenvalue weighted by Gasteiger charge is 2.37. The minimum Gasteiger partial charge on any atom is -0.508 e. The van der Waals surface area contributed by atoms with Crippen LogP contribution in [0.4, 0.5) is 0 Å². The van der Waals surface area contributed by atoms with E-state index >= 15 is 0 Å². The molecule has 0 bridgehead atoms. The first-order valence-corrected chi connectivity index (χ1v) is 16.7. The summed E-state index contributed by atoms with van der Waals surface area (Å²) in [5.41, 5.74) is 1.35. The summed E-state index contributed by atoms with van der Waals surface area (Å²) in [6, 6.07) is 13.9. The topological polar surface area (TPSA) is 216 Å². The molecular weight excluding hydrogens is 690 g/mol. The maximum absolute atomic E-state index is 12.7. The van der Waals surface area contributed by atoms with Crippen LogP contribution < -0.4 is 14.2 Å². The van der Waals surface area contributed by atoms with Gasteiger partial charge in [0.2, 0.25) is 12.7 Å². The number of piperidine rings is 1. The van der Waals surface area contributed by atoms with Gasteiger partial charge in [0.15, 0.2) is 46.4 Å². The molecular formula is C39H37NO13. The van der Waals surface area contributed by atoms with Gasteiger partial charge in [-0.15, -0.1) is 0 Å². The van der Waals surface area contributed by atoms with Crippen LogP contribution in [0.5, 0.6) is 57.5 Å². The quantitative estimate of drug-likeness (QED) is 0.0564. The molecule has 53 heavy (non-hydrogen) atoms. The Morgan fingerprint density at radius 2 is 1.45 bits per heavy atom. The third-order valence-corrected chi connectivity index (χ3v) is 8.76. The maximum atomic E-state index is 12.7. The molecule has 0 aliphatic carbocycles. The zero-order chi connectivity index (χ0) is 37.6. The second kappa shape index (κ2) is 15.7. The number of aromatic hydroxyl groups is 7. The highest BCUT2D eigenvalue weighted by Crippen LogP contribution is 2.44. The summed E-state index contributed by atoms with van der Waals surface area (Å²) in [6.45, 7) is 2.05. The summed E-state index contributed by atoms with van der Waals surface area (Å²) in [5.74, 6) is -2.78. The molecule has 14 heteroatoms. The molecule has 0 saturated carbocycles. The van der Waals surface area contributed by atoms with Crippen molar-refractivity contribution in [3.05, 3.63) is 101 Å². The number of allylic oxidation sites excluding steroid dienone is 2. The third-order valence-electron chi connectivity index (χ3n) is 8.76. The van der Waals surface area contributed by atoms with E-state index in [-0.39, 0.29) is 53.2 Å². The molecule has 276 valence electrons. The lowest BCUT2D eigenvalue weighted by Gasteiger charge is -2.34. The van der Waals surface area contributed by atoms with Gasteiger partial charge >= 0.3 is 5.97 Å². The standard InChI is InChI=1S/C22H18O10.C17H19NO3/c23-11-6-14(25)12-8-19(32-22(30)10-4-16(27)20(29)17(28)5-10)21(31-18(12)7-11)9-1-2-13(24)15(26)3-9;19-17(18-10-4-1-5-11-18)7-3-2-6-14-8-9-15-16(12-14)21-13-20-15/h1-7,19,21,23-29H,8H2;2-3,6-9,12H,1,4-5,10-11,13H2. The van der Waals surface area contributed by atoms with Crippen LogP contribution in [0.1, 0.15) is 52.4 Å². The van der Waals surface area contributed by atoms with E-state index in [0.29, 0.717) is 5.56 Å². The summed E-state index contributed by atoms with van der Waals surface area (Å²) in [5, 5.41) is 68.2. The normalized spacial score (nSPS) is 17.5. The summed E-state index contributed by atoms with van der Waals surface area (Å²) in [7, 11) is 0. The fraction of sp³-hybridized carbons (Fsp3) is 0.231. The van der Waals surface area contributed by atoms with Crippen molar-refractivity contribution in [1.29, 1.82) is 0 Å². The molecule has 7 N–H and O–H groups in total. The minimum atomic E-state index is -1.06. The predicted molar refractivity (Wildman–Crippen MR) is 188 cm³/mol. The van der Waals surface area contributed by atoms with E-state index < -0.39 is 41.2 Å². The Balaban J connectivity index is 0.000000198. The summed E-state index contributed by atoms with van der Waals surface area (Å²) in [6.07, 6.45) is 8.59. The van der Waals surface area contributed by atoms with E-state index in [9.17, 15) is 45.3 Å². The number of benzene rings is 4. The Bertz CT molecular complexity index is 2050. The monoisotopic (exact) mass is 727 g/mol. The Morgan fingerprint density at radius 1 is 0.717 bits per heavy atom. The average Bonchev–Trinajstić information content (AvgIpc) is 3.62. The molecule has 4 aromatic carbocycles. The van der Waals surface area contributed by atoms with Crippen molar-refractivity contribution in [2.24, 2.45) is 0 Å². The number of hydrogen-bond donors (Lipinski definition) is 7. The average molecular weight is 728 g/mol. The van der Waals surface area contributed by atoms with Gasteiger partial charge in [-0.2, -0.15) is 0 Å². The first-order chi connectivity index (χ1) is 25.5. The highest BCUT2D eigenvalue weighted by atomic mass is 16.7. The Kier molecular flexibility index (Phi) is 10.7. The van der Waals surface area contributed by atoms with Gasteiger partial charge in [-0.25, -0.2) is 4.79 Å². The molecule has 2 unspecified atom stereocenters. The molecule has 2 atom stereocenters. The van der Waals surface area contributed by atoms with E-state index in [1.807, 2.05) is 35.3 Å². The molecule has 1 saturated heterocycles. The second-order valence-corrected chi connectivity index (χ2v) is 12.5. The molecule has 1 fully saturated rings. The lowest BCUT2D eigenvalue weighted by atomic mass is 9.93. The van der Waals surface area contributed by atoms with Gasteiger partial charge in [0.1, 0.15) is 23.4 Å². The second-order valence-electron chi connectivity index (χ2n) is 12.5. The number of rotatable bonds is 6. The number of carbonyl (C=O) groups is 2. The minimum absolute atomic E-state index is 0.0461. The first-order valence-electron chi connectivity index (χ1n) is 16.7. The van der Waals surface area contributed by atoms with Crippen LogP contribution in [-0.4, -0.2) is 78.5 Å². The molecule has 3 aliphatic rings. The predicted octanol–water partition coefficient (Wildman–Crippen LogP) is 5.52. The number of ether oxygens (including phenoxy) is 4. The SMILES string of the molecule is O=C(C=CC=Cc1ccc2c(c1)OCO2)N1CCCCC1.O=C(OC1Cc2c(O)cc(O)cc2OC1c1ccc(O)c(O)c1)c1cc(O)c(O)c(O)c1. The molecule has 7 rings (SSSR count). The van der Waals surface area contributed by atoms with Gasteiger partial charge in [-0.1, -0.05) is 30.4 Å². The molecule has 4 aromatic rings. The van der Waals surface area contributed by atoms with Crippen LogP contribution in [0.15, 0.2) is 78.9 Å². The first kappa shape index (κ1) is 36.1. The number of likely N-dealkylation sites (tertiary alicyclic amines) is 1. The van der Waals surface area contributed by atoms with E-state index in [2.05, 4.69) is 0 Å². The third kappa shape index (κ3) is 8.44. The van der Waals surface area contributed by atoms with Crippen LogP contribution in [0, 0.1) is 0 Å². The molecule has 14 nitrogen and oxygen atoms in total. The number of hydrogen-bond acceptors (Lipinski definition) is 13. The number of phenolic OH excluding ortho intramolecular Hbond substituents is 7. The Morgan fingerprint density at radius 3 is 2.19 bits per heavy atom. The lowest BCUT2D eigenvalue weighted by Crippen LogP contribution is -2.34. The van der Waals surface area contributed by atoms with Crippen LogP contribution in [0.2, 0.25) is 0 Å². The number of fused-ring (bicyclic) bond motifs is 2. The number of carbonyl (C=O) groups excluding carboxylic acids is 2. The van der Waals surface area contributed by atoms with Crippen molar-refractivity contribution in [2.45, 2.75) is 37.9 Å². The number of esters is 1. The zero-order valence-electron chi connectivity index (χ0n) is 28.2.